The standard InChI is InChI=1S/C13H20N4O3S/c1-3-4-10(18)15-16-12(19)11-9(2)14-13(21-11)17-5-7-20-8-6-17/h3-8H2,1-2H3,(H,15,18)(H,16,19). The number of hydrogen-bond acceptors (Lipinski definition) is 6. The minimum absolute atomic E-state index is 0.193. The highest BCUT2D eigenvalue weighted by Gasteiger charge is 2.20. The van der Waals surface area contributed by atoms with Gasteiger partial charge in [-0.15, -0.1) is 0 Å². The van der Waals surface area contributed by atoms with Gasteiger partial charge in [0.05, 0.1) is 18.9 Å². The maximum absolute atomic E-state index is 12.1. The molecule has 0 aliphatic carbocycles. The molecule has 0 radical (unpaired) electrons. The number of nitrogens with zero attached hydrogens (tertiary/aromatic N) is 2. The lowest BCUT2D eigenvalue weighted by Crippen LogP contribution is -2.41. The van der Waals surface area contributed by atoms with Gasteiger partial charge in [0.25, 0.3) is 5.91 Å². The summed E-state index contributed by atoms with van der Waals surface area (Å²) in [4.78, 5) is 30.5. The Morgan fingerprint density at radius 2 is 2.05 bits per heavy atom. The van der Waals surface area contributed by atoms with Crippen molar-refractivity contribution in [3.05, 3.63) is 10.6 Å². The quantitative estimate of drug-likeness (QED) is 0.805. The van der Waals surface area contributed by atoms with Gasteiger partial charge in [0, 0.05) is 19.5 Å². The molecule has 1 fully saturated rings. The van der Waals surface area contributed by atoms with Gasteiger partial charge in [-0.1, -0.05) is 18.3 Å². The molecule has 2 rings (SSSR count). The van der Waals surface area contributed by atoms with Crippen LogP contribution in [0.15, 0.2) is 0 Å². The molecule has 1 aliphatic rings. The number of nitrogens with one attached hydrogen (secondary N) is 2. The lowest BCUT2D eigenvalue weighted by Gasteiger charge is -2.25. The zero-order valence-corrected chi connectivity index (χ0v) is 13.1. The molecule has 1 saturated heterocycles. The minimum atomic E-state index is -0.325. The summed E-state index contributed by atoms with van der Waals surface area (Å²) in [6.45, 7) is 6.61. The summed E-state index contributed by atoms with van der Waals surface area (Å²) in [6.07, 6.45) is 1.13. The number of aromatic nitrogens is 1. The highest BCUT2D eigenvalue weighted by Crippen LogP contribution is 2.26. The van der Waals surface area contributed by atoms with Crippen molar-refractivity contribution in [3.8, 4) is 0 Å². The Morgan fingerprint density at radius 1 is 1.33 bits per heavy atom. The molecule has 2 heterocycles. The van der Waals surface area contributed by atoms with Gasteiger partial charge in [0.1, 0.15) is 4.88 Å². The van der Waals surface area contributed by atoms with Crippen LogP contribution in [0.2, 0.25) is 0 Å². The summed E-state index contributed by atoms with van der Waals surface area (Å²) >= 11 is 1.34. The second kappa shape index (κ2) is 7.37. The highest BCUT2D eigenvalue weighted by atomic mass is 32.1. The van der Waals surface area contributed by atoms with Gasteiger partial charge in [-0.3, -0.25) is 20.4 Å². The first-order chi connectivity index (χ1) is 10.1. The van der Waals surface area contributed by atoms with E-state index in [0.717, 1.165) is 24.6 Å². The molecule has 0 aromatic carbocycles. The molecule has 0 atom stereocenters. The molecule has 0 bridgehead atoms. The summed E-state index contributed by atoms with van der Waals surface area (Å²) in [5.41, 5.74) is 5.50. The first-order valence-electron chi connectivity index (χ1n) is 7.01. The maximum Gasteiger partial charge on any atom is 0.281 e. The van der Waals surface area contributed by atoms with Gasteiger partial charge in [-0.25, -0.2) is 4.98 Å². The van der Waals surface area contributed by atoms with E-state index in [4.69, 9.17) is 4.74 Å². The number of aryl methyl sites for hydroxylation is 1. The van der Waals surface area contributed by atoms with Crippen molar-refractivity contribution in [3.63, 3.8) is 0 Å². The predicted molar refractivity (Wildman–Crippen MR) is 80.4 cm³/mol. The van der Waals surface area contributed by atoms with Crippen molar-refractivity contribution < 1.29 is 14.3 Å². The van der Waals surface area contributed by atoms with Gasteiger partial charge in [0.15, 0.2) is 5.13 Å². The molecule has 8 heteroatoms. The molecule has 2 amide bonds. The van der Waals surface area contributed by atoms with E-state index in [9.17, 15) is 9.59 Å². The van der Waals surface area contributed by atoms with Crippen molar-refractivity contribution in [2.24, 2.45) is 0 Å². The fourth-order valence-corrected chi connectivity index (χ4v) is 2.97. The van der Waals surface area contributed by atoms with Crippen molar-refractivity contribution >= 4 is 28.3 Å². The Bertz CT molecular complexity index is 512. The number of anilines is 1. The van der Waals surface area contributed by atoms with E-state index in [1.807, 2.05) is 6.92 Å². The number of morpholine rings is 1. The lowest BCUT2D eigenvalue weighted by atomic mass is 10.3. The second-order valence-corrected chi connectivity index (χ2v) is 5.74. The zero-order chi connectivity index (χ0) is 15.2. The molecule has 1 aromatic rings. The molecule has 2 N–H and O–H groups in total. The smallest absolute Gasteiger partial charge is 0.281 e. The zero-order valence-electron chi connectivity index (χ0n) is 12.3. The molecular weight excluding hydrogens is 292 g/mol. The second-order valence-electron chi connectivity index (χ2n) is 4.76. The van der Waals surface area contributed by atoms with Gasteiger partial charge >= 0.3 is 0 Å². The molecule has 21 heavy (non-hydrogen) atoms. The SMILES string of the molecule is CCCC(=O)NNC(=O)c1sc(N2CCOCC2)nc1C. The molecule has 116 valence electrons. The normalized spacial score (nSPS) is 14.9. The van der Waals surface area contributed by atoms with Gasteiger partial charge in [-0.2, -0.15) is 0 Å². The number of thiazole rings is 1. The van der Waals surface area contributed by atoms with Crippen LogP contribution >= 0.6 is 11.3 Å². The molecule has 0 unspecified atom stereocenters. The van der Waals surface area contributed by atoms with E-state index in [2.05, 4.69) is 20.7 Å². The summed E-state index contributed by atoms with van der Waals surface area (Å²) in [5, 5.41) is 0.820. The van der Waals surface area contributed by atoms with E-state index >= 15 is 0 Å². The number of ether oxygens (including phenoxy) is 1. The van der Waals surface area contributed by atoms with Crippen LogP contribution in [0.5, 0.6) is 0 Å². The fourth-order valence-electron chi connectivity index (χ4n) is 1.96. The van der Waals surface area contributed by atoms with Gasteiger partial charge < -0.3 is 9.64 Å². The number of rotatable bonds is 4. The topological polar surface area (TPSA) is 83.6 Å². The Hall–Kier alpha value is -1.67. The molecule has 0 saturated carbocycles. The third kappa shape index (κ3) is 4.15. The molecule has 1 aliphatic heterocycles. The summed E-state index contributed by atoms with van der Waals surface area (Å²) < 4.78 is 5.30. The maximum atomic E-state index is 12.1. The molecule has 7 nitrogen and oxygen atoms in total. The lowest BCUT2D eigenvalue weighted by molar-refractivity contribution is -0.121. The summed E-state index contributed by atoms with van der Waals surface area (Å²) in [7, 11) is 0. The largest absolute Gasteiger partial charge is 0.378 e. The third-order valence-electron chi connectivity index (χ3n) is 3.07. The number of hydrogen-bond donors (Lipinski definition) is 2. The summed E-state index contributed by atoms with van der Waals surface area (Å²) in [5.74, 6) is -0.518. The van der Waals surface area contributed by atoms with Crippen molar-refractivity contribution in [2.45, 2.75) is 26.7 Å². The van der Waals surface area contributed by atoms with Crippen LogP contribution in [0.3, 0.4) is 0 Å². The molecule has 0 spiro atoms. The first kappa shape index (κ1) is 15.7. The Labute approximate surface area is 127 Å². The van der Waals surface area contributed by atoms with Gasteiger partial charge in [-0.05, 0) is 13.3 Å². The Morgan fingerprint density at radius 3 is 2.71 bits per heavy atom. The minimum Gasteiger partial charge on any atom is -0.378 e. The van der Waals surface area contributed by atoms with Crippen LogP contribution in [0.1, 0.15) is 35.1 Å². The molecule has 1 aromatic heterocycles. The van der Waals surface area contributed by atoms with E-state index in [0.29, 0.717) is 30.2 Å². The number of carbonyl (C=O) groups excluding carboxylic acids is 2. The first-order valence-corrected chi connectivity index (χ1v) is 7.82. The van der Waals surface area contributed by atoms with Crippen LogP contribution in [0.4, 0.5) is 5.13 Å². The average Bonchev–Trinajstić information content (AvgIpc) is 2.88. The monoisotopic (exact) mass is 312 g/mol. The van der Waals surface area contributed by atoms with Crippen LogP contribution in [-0.4, -0.2) is 43.1 Å². The fraction of sp³-hybridized carbons (Fsp3) is 0.615. The highest BCUT2D eigenvalue weighted by molar-refractivity contribution is 7.17. The molecular formula is C13H20N4O3S. The Kier molecular flexibility index (Phi) is 5.51. The van der Waals surface area contributed by atoms with E-state index in [-0.39, 0.29) is 11.8 Å². The van der Waals surface area contributed by atoms with Crippen molar-refractivity contribution in [2.75, 3.05) is 31.2 Å². The predicted octanol–water partition coefficient (Wildman–Crippen LogP) is 0.849. The number of carbonyl (C=O) groups is 2. The van der Waals surface area contributed by atoms with Crippen LogP contribution in [0, 0.1) is 6.92 Å². The van der Waals surface area contributed by atoms with Crippen LogP contribution in [0.25, 0.3) is 0 Å². The number of hydrazine groups is 1. The van der Waals surface area contributed by atoms with Crippen molar-refractivity contribution in [1.82, 2.24) is 15.8 Å². The summed E-state index contributed by atoms with van der Waals surface area (Å²) in [6, 6.07) is 0. The van der Waals surface area contributed by atoms with E-state index in [1.165, 1.54) is 11.3 Å². The average molecular weight is 312 g/mol. The van der Waals surface area contributed by atoms with Crippen LogP contribution < -0.4 is 15.8 Å². The Balaban J connectivity index is 1.97. The van der Waals surface area contributed by atoms with Crippen LogP contribution in [-0.2, 0) is 9.53 Å². The van der Waals surface area contributed by atoms with E-state index < -0.39 is 0 Å². The van der Waals surface area contributed by atoms with E-state index in [1.54, 1.807) is 6.92 Å². The third-order valence-corrected chi connectivity index (χ3v) is 4.28. The van der Waals surface area contributed by atoms with Crippen molar-refractivity contribution in [1.29, 1.82) is 0 Å². The van der Waals surface area contributed by atoms with Gasteiger partial charge in [0.2, 0.25) is 5.91 Å². The number of amides is 2.